The molecule has 2 aliphatic heterocycles. The van der Waals surface area contributed by atoms with Gasteiger partial charge < -0.3 is 14.2 Å². The summed E-state index contributed by atoms with van der Waals surface area (Å²) in [6.07, 6.45) is 11.3. The molecule has 8 aliphatic rings. The quantitative estimate of drug-likeness (QED) is 0.225. The molecule has 2 unspecified atom stereocenters. The second-order valence-electron chi connectivity index (χ2n) is 15.8. The van der Waals surface area contributed by atoms with Crippen LogP contribution in [0.25, 0.3) is 0 Å². The minimum absolute atomic E-state index is 0.112. The first-order valence-corrected chi connectivity index (χ1v) is 16.0. The fourth-order valence-corrected chi connectivity index (χ4v) is 13.1. The van der Waals surface area contributed by atoms with Crippen LogP contribution in [0.5, 0.6) is 0 Å². The van der Waals surface area contributed by atoms with Crippen LogP contribution in [0.1, 0.15) is 112 Å². The van der Waals surface area contributed by atoms with E-state index in [1.165, 1.54) is 32.6 Å². The number of carbonyl (C=O) groups is 3. The number of ether oxygens (including phenoxy) is 3. The standard InChI is InChI=1S/C33H48O6/c1-18(2)8-7-9-19(3)22-10-11-23-29(22,5)17-24-33(39-24)30(6)13-12-21(37-20(4)34)16-31(30)14-15-32(23,33)26-25(31)27(35)38-28(26)36/h18-19,21-26H,7-17H2,1-6H3/t19-,21+,22-,23-,24-,25?,26?,29-,30+,31+,32-,33+/m1/s1. The van der Waals surface area contributed by atoms with E-state index in [2.05, 4.69) is 34.6 Å². The molecule has 8 rings (SSSR count). The number of hydrogen-bond acceptors (Lipinski definition) is 6. The molecule has 2 saturated heterocycles. The van der Waals surface area contributed by atoms with E-state index in [-0.39, 0.29) is 52.0 Å². The first kappa shape index (κ1) is 26.5. The van der Waals surface area contributed by atoms with Gasteiger partial charge in [0.1, 0.15) is 11.7 Å². The molecule has 0 aromatic heterocycles. The average Bonchev–Trinajstić information content (AvgIpc) is 3.34. The topological polar surface area (TPSA) is 82.2 Å². The third-order valence-electron chi connectivity index (χ3n) is 14.2. The molecule has 6 aliphatic carbocycles. The number of epoxide rings is 1. The lowest BCUT2D eigenvalue weighted by atomic mass is 9.25. The van der Waals surface area contributed by atoms with E-state index in [4.69, 9.17) is 14.2 Å². The van der Waals surface area contributed by atoms with Crippen molar-refractivity contribution in [2.45, 2.75) is 130 Å². The van der Waals surface area contributed by atoms with E-state index in [0.717, 1.165) is 44.4 Å². The molecule has 6 nitrogen and oxygen atoms in total. The molecule has 12 atom stereocenters. The summed E-state index contributed by atoms with van der Waals surface area (Å²) in [5, 5.41) is 0. The van der Waals surface area contributed by atoms with Gasteiger partial charge in [0.2, 0.25) is 0 Å². The number of fused-ring (bicyclic) bond motifs is 2. The van der Waals surface area contributed by atoms with Crippen LogP contribution in [0.15, 0.2) is 0 Å². The maximum absolute atomic E-state index is 13.8. The van der Waals surface area contributed by atoms with Gasteiger partial charge in [0.15, 0.2) is 0 Å². The number of cyclic esters (lactones) is 2. The van der Waals surface area contributed by atoms with Gasteiger partial charge in [-0.25, -0.2) is 0 Å². The van der Waals surface area contributed by atoms with Crippen molar-refractivity contribution in [3.8, 4) is 0 Å². The van der Waals surface area contributed by atoms with E-state index < -0.39 is 17.3 Å². The van der Waals surface area contributed by atoms with Gasteiger partial charge in [-0.15, -0.1) is 0 Å². The lowest BCUT2D eigenvalue weighted by Crippen LogP contribution is -2.79. The monoisotopic (exact) mass is 540 g/mol. The number of rotatable bonds is 6. The molecule has 0 N–H and O–H groups in total. The highest BCUT2D eigenvalue weighted by Gasteiger charge is 2.95. The van der Waals surface area contributed by atoms with Crippen molar-refractivity contribution in [2.24, 2.45) is 57.2 Å². The summed E-state index contributed by atoms with van der Waals surface area (Å²) in [4.78, 5) is 39.4. The minimum Gasteiger partial charge on any atom is -0.463 e. The van der Waals surface area contributed by atoms with Crippen molar-refractivity contribution < 1.29 is 28.6 Å². The summed E-state index contributed by atoms with van der Waals surface area (Å²) < 4.78 is 18.5. The maximum Gasteiger partial charge on any atom is 0.318 e. The molecule has 0 aromatic carbocycles. The first-order valence-electron chi connectivity index (χ1n) is 16.0. The highest BCUT2D eigenvalue weighted by molar-refractivity contribution is 5.98. The van der Waals surface area contributed by atoms with Gasteiger partial charge >= 0.3 is 17.9 Å². The summed E-state index contributed by atoms with van der Waals surface area (Å²) in [6, 6.07) is 0. The van der Waals surface area contributed by atoms with Crippen molar-refractivity contribution in [1.82, 2.24) is 0 Å². The van der Waals surface area contributed by atoms with Crippen molar-refractivity contribution in [1.29, 1.82) is 0 Å². The maximum atomic E-state index is 13.8. The predicted octanol–water partition coefficient (Wildman–Crippen LogP) is 6.24. The molecule has 6 saturated carbocycles. The Hall–Kier alpha value is -1.43. The van der Waals surface area contributed by atoms with Crippen LogP contribution in [0, 0.1) is 57.2 Å². The number of hydrogen-bond donors (Lipinski definition) is 0. The van der Waals surface area contributed by atoms with Gasteiger partial charge in [-0.3, -0.25) is 14.4 Å². The largest absolute Gasteiger partial charge is 0.463 e. The van der Waals surface area contributed by atoms with Gasteiger partial charge in [0.25, 0.3) is 0 Å². The highest BCUT2D eigenvalue weighted by Crippen LogP contribution is 2.90. The van der Waals surface area contributed by atoms with Crippen LogP contribution in [-0.4, -0.2) is 35.7 Å². The van der Waals surface area contributed by atoms with Crippen LogP contribution < -0.4 is 0 Å². The van der Waals surface area contributed by atoms with Gasteiger partial charge in [0, 0.05) is 17.8 Å². The second kappa shape index (κ2) is 8.10. The van der Waals surface area contributed by atoms with Crippen molar-refractivity contribution >= 4 is 17.9 Å². The van der Waals surface area contributed by atoms with Gasteiger partial charge in [-0.05, 0) is 85.9 Å². The number of carbonyl (C=O) groups excluding carboxylic acids is 3. The molecule has 8 fully saturated rings. The van der Waals surface area contributed by atoms with Crippen molar-refractivity contribution in [2.75, 3.05) is 0 Å². The highest BCUT2D eigenvalue weighted by atomic mass is 16.6. The summed E-state index contributed by atoms with van der Waals surface area (Å²) in [5.74, 6) is 0.622. The minimum atomic E-state index is -0.442. The molecule has 6 heteroatoms. The Kier molecular flexibility index (Phi) is 5.50. The summed E-state index contributed by atoms with van der Waals surface area (Å²) >= 11 is 0. The summed E-state index contributed by atoms with van der Waals surface area (Å²) in [6.45, 7) is 13.4. The molecule has 2 bridgehead atoms. The average molecular weight is 541 g/mol. The van der Waals surface area contributed by atoms with E-state index in [1.54, 1.807) is 0 Å². The van der Waals surface area contributed by atoms with E-state index in [1.807, 2.05) is 0 Å². The zero-order valence-electron chi connectivity index (χ0n) is 24.8. The van der Waals surface area contributed by atoms with Crippen LogP contribution in [0.4, 0.5) is 0 Å². The van der Waals surface area contributed by atoms with Crippen molar-refractivity contribution in [3.63, 3.8) is 0 Å². The zero-order chi connectivity index (χ0) is 27.8. The smallest absolute Gasteiger partial charge is 0.318 e. The van der Waals surface area contributed by atoms with Crippen LogP contribution in [0.3, 0.4) is 0 Å². The van der Waals surface area contributed by atoms with Gasteiger partial charge in [-0.2, -0.15) is 0 Å². The molecule has 216 valence electrons. The molecule has 3 spiro atoms. The summed E-state index contributed by atoms with van der Waals surface area (Å²) in [5.41, 5.74) is -1.25. The SMILES string of the molecule is CC(=O)O[C@H]1CC[C@@]2(C)[C@@]3(CC[C@]4(C5C(=O)OC(=O)C53)[C@@H]3CC[C@H]([C@H](C)CCCC(C)C)[C@@]3(C)C[C@H]3O[C@@]324)C1. The fraction of sp³-hybridized carbons (Fsp3) is 0.909. The molecule has 0 radical (unpaired) electrons. The van der Waals surface area contributed by atoms with E-state index in [9.17, 15) is 14.4 Å². The molecule has 2 heterocycles. The normalized spacial score (nSPS) is 53.3. The predicted molar refractivity (Wildman–Crippen MR) is 144 cm³/mol. The van der Waals surface area contributed by atoms with Gasteiger partial charge in [0.05, 0.1) is 17.9 Å². The molecule has 0 aromatic rings. The Morgan fingerprint density at radius 2 is 1.72 bits per heavy atom. The zero-order valence-corrected chi connectivity index (χ0v) is 24.8. The van der Waals surface area contributed by atoms with Crippen LogP contribution >= 0.6 is 0 Å². The van der Waals surface area contributed by atoms with Crippen molar-refractivity contribution in [3.05, 3.63) is 0 Å². The Morgan fingerprint density at radius 1 is 0.974 bits per heavy atom. The van der Waals surface area contributed by atoms with E-state index >= 15 is 0 Å². The van der Waals surface area contributed by atoms with Crippen LogP contribution in [0.2, 0.25) is 0 Å². The first-order chi connectivity index (χ1) is 18.4. The number of esters is 3. The lowest BCUT2D eigenvalue weighted by Gasteiger charge is -2.75. The molecular formula is C33H48O6. The van der Waals surface area contributed by atoms with Gasteiger partial charge in [-0.1, -0.05) is 53.9 Å². The Balaban J connectivity index is 1.31. The Morgan fingerprint density at radius 3 is 2.44 bits per heavy atom. The molecule has 39 heavy (non-hydrogen) atoms. The fourth-order valence-electron chi connectivity index (χ4n) is 13.1. The second-order valence-corrected chi connectivity index (χ2v) is 15.8. The Labute approximate surface area is 233 Å². The molecular weight excluding hydrogens is 492 g/mol. The van der Waals surface area contributed by atoms with Crippen LogP contribution in [-0.2, 0) is 28.6 Å². The third-order valence-corrected chi connectivity index (χ3v) is 14.2. The third kappa shape index (κ3) is 2.91. The van der Waals surface area contributed by atoms with E-state index in [0.29, 0.717) is 24.2 Å². The lowest BCUT2D eigenvalue weighted by molar-refractivity contribution is -0.295. The molecule has 0 amide bonds. The Bertz CT molecular complexity index is 1120. The summed E-state index contributed by atoms with van der Waals surface area (Å²) in [7, 11) is 0.